The van der Waals surface area contributed by atoms with Gasteiger partial charge in [-0.25, -0.2) is 4.39 Å². The van der Waals surface area contributed by atoms with E-state index in [9.17, 15) is 4.39 Å². The predicted molar refractivity (Wildman–Crippen MR) is 89.1 cm³/mol. The summed E-state index contributed by atoms with van der Waals surface area (Å²) in [4.78, 5) is 0. The van der Waals surface area contributed by atoms with Gasteiger partial charge in [-0.1, -0.05) is 55.5 Å². The van der Waals surface area contributed by atoms with Crippen LogP contribution in [-0.2, 0) is 0 Å². The molecule has 0 radical (unpaired) electrons. The van der Waals surface area contributed by atoms with Gasteiger partial charge in [0.15, 0.2) is 0 Å². The normalized spacial score (nSPS) is 17.2. The van der Waals surface area contributed by atoms with Crippen LogP contribution in [0.3, 0.4) is 0 Å². The molecule has 1 aromatic rings. The number of hydrogen-bond donors (Lipinski definition) is 1. The summed E-state index contributed by atoms with van der Waals surface area (Å²) < 4.78 is 13.3. The molecule has 1 aliphatic carbocycles. The number of benzene rings is 1. The van der Waals surface area contributed by atoms with Crippen LogP contribution < -0.4 is 5.32 Å². The fourth-order valence-electron chi connectivity index (χ4n) is 3.01. The van der Waals surface area contributed by atoms with Crippen LogP contribution in [-0.4, -0.2) is 13.1 Å². The number of rotatable bonds is 6. The fourth-order valence-corrected chi connectivity index (χ4v) is 3.20. The van der Waals surface area contributed by atoms with Crippen molar-refractivity contribution in [3.8, 4) is 0 Å². The van der Waals surface area contributed by atoms with E-state index in [0.29, 0.717) is 5.92 Å². The Morgan fingerprint density at radius 3 is 2.76 bits per heavy atom. The summed E-state index contributed by atoms with van der Waals surface area (Å²) in [7, 11) is 0. The maximum Gasteiger partial charge on any atom is 0.141 e. The standard InChI is InChI=1S/C18H25ClFN/c1-2-10-21-13-16(15-6-4-3-5-7-15)11-14-8-9-18(20)17(19)12-14/h8-9,11-12,15,21H,2-7,10,13H2,1H3/b16-11-. The topological polar surface area (TPSA) is 12.0 Å². The predicted octanol–water partition coefficient (Wildman–Crippen LogP) is 5.44. The lowest BCUT2D eigenvalue weighted by Crippen LogP contribution is -2.23. The van der Waals surface area contributed by atoms with E-state index in [1.165, 1.54) is 43.7 Å². The smallest absolute Gasteiger partial charge is 0.141 e. The molecule has 0 heterocycles. The minimum absolute atomic E-state index is 0.202. The molecular weight excluding hydrogens is 285 g/mol. The lowest BCUT2D eigenvalue weighted by atomic mass is 9.83. The van der Waals surface area contributed by atoms with Crippen LogP contribution in [0.25, 0.3) is 6.08 Å². The molecule has 21 heavy (non-hydrogen) atoms. The molecule has 0 aliphatic heterocycles. The molecule has 0 spiro atoms. The molecule has 1 nitrogen and oxygen atoms in total. The molecule has 2 rings (SSSR count). The monoisotopic (exact) mass is 309 g/mol. The molecule has 1 aromatic carbocycles. The van der Waals surface area contributed by atoms with Crippen molar-refractivity contribution in [1.82, 2.24) is 5.32 Å². The molecule has 0 saturated heterocycles. The molecule has 0 bridgehead atoms. The van der Waals surface area contributed by atoms with Gasteiger partial charge in [0, 0.05) is 6.54 Å². The third-order valence-electron chi connectivity index (χ3n) is 4.18. The summed E-state index contributed by atoms with van der Waals surface area (Å²) in [5.74, 6) is 0.309. The van der Waals surface area contributed by atoms with E-state index in [1.807, 2.05) is 6.07 Å². The molecule has 1 aliphatic rings. The maximum absolute atomic E-state index is 13.3. The van der Waals surface area contributed by atoms with Gasteiger partial charge in [0.05, 0.1) is 5.02 Å². The SMILES string of the molecule is CCCNC/C(=C/c1ccc(F)c(Cl)c1)C1CCCCC1. The quantitative estimate of drug-likeness (QED) is 0.690. The molecule has 1 N–H and O–H groups in total. The molecule has 0 unspecified atom stereocenters. The minimum Gasteiger partial charge on any atom is -0.313 e. The van der Waals surface area contributed by atoms with Gasteiger partial charge >= 0.3 is 0 Å². The van der Waals surface area contributed by atoms with E-state index in [2.05, 4.69) is 18.3 Å². The lowest BCUT2D eigenvalue weighted by molar-refractivity contribution is 0.396. The molecule has 0 amide bonds. The highest BCUT2D eigenvalue weighted by Gasteiger charge is 2.17. The molecule has 1 fully saturated rings. The Hall–Kier alpha value is -0.860. The Morgan fingerprint density at radius 2 is 2.10 bits per heavy atom. The van der Waals surface area contributed by atoms with E-state index in [-0.39, 0.29) is 10.8 Å². The molecule has 0 aromatic heterocycles. The number of hydrogen-bond acceptors (Lipinski definition) is 1. The first-order chi connectivity index (χ1) is 10.2. The summed E-state index contributed by atoms with van der Waals surface area (Å²) in [5, 5.41) is 3.71. The van der Waals surface area contributed by atoms with E-state index in [1.54, 1.807) is 6.07 Å². The first-order valence-corrected chi connectivity index (χ1v) is 8.44. The number of nitrogens with one attached hydrogen (secondary N) is 1. The average molecular weight is 310 g/mol. The average Bonchev–Trinajstić information content (AvgIpc) is 2.51. The first kappa shape index (κ1) is 16.5. The van der Waals surface area contributed by atoms with Gasteiger partial charge in [-0.3, -0.25) is 0 Å². The van der Waals surface area contributed by atoms with Crippen LogP contribution in [0.5, 0.6) is 0 Å². The zero-order valence-corrected chi connectivity index (χ0v) is 13.6. The van der Waals surface area contributed by atoms with Gasteiger partial charge in [-0.15, -0.1) is 0 Å². The van der Waals surface area contributed by atoms with E-state index in [0.717, 1.165) is 25.1 Å². The van der Waals surface area contributed by atoms with Crippen molar-refractivity contribution in [3.63, 3.8) is 0 Å². The van der Waals surface area contributed by atoms with Crippen LogP contribution in [0.1, 0.15) is 51.0 Å². The molecule has 116 valence electrons. The van der Waals surface area contributed by atoms with Gasteiger partial charge in [0.2, 0.25) is 0 Å². The zero-order valence-electron chi connectivity index (χ0n) is 12.8. The van der Waals surface area contributed by atoms with Crippen molar-refractivity contribution < 1.29 is 4.39 Å². The summed E-state index contributed by atoms with van der Waals surface area (Å²) in [6.07, 6.45) is 9.88. The highest BCUT2D eigenvalue weighted by molar-refractivity contribution is 6.30. The molecular formula is C18H25ClFN. The van der Waals surface area contributed by atoms with Crippen LogP contribution in [0.2, 0.25) is 5.02 Å². The summed E-state index contributed by atoms with van der Waals surface area (Å²) in [5.41, 5.74) is 2.44. The van der Waals surface area contributed by atoms with Gasteiger partial charge in [-0.05, 0) is 49.4 Å². The van der Waals surface area contributed by atoms with Crippen molar-refractivity contribution in [3.05, 3.63) is 40.2 Å². The second-order valence-corrected chi connectivity index (χ2v) is 6.31. The van der Waals surface area contributed by atoms with Crippen LogP contribution in [0.4, 0.5) is 4.39 Å². The maximum atomic E-state index is 13.3. The third-order valence-corrected chi connectivity index (χ3v) is 4.47. The van der Waals surface area contributed by atoms with Crippen LogP contribution in [0.15, 0.2) is 23.8 Å². The van der Waals surface area contributed by atoms with Crippen molar-refractivity contribution >= 4 is 17.7 Å². The van der Waals surface area contributed by atoms with E-state index < -0.39 is 0 Å². The van der Waals surface area contributed by atoms with Gasteiger partial charge < -0.3 is 5.32 Å². The van der Waals surface area contributed by atoms with Crippen molar-refractivity contribution in [1.29, 1.82) is 0 Å². The zero-order chi connectivity index (χ0) is 15.1. The largest absolute Gasteiger partial charge is 0.313 e. The van der Waals surface area contributed by atoms with E-state index >= 15 is 0 Å². The second kappa shape index (κ2) is 8.55. The summed E-state index contributed by atoms with van der Waals surface area (Å²) >= 11 is 5.89. The number of halogens is 2. The fraction of sp³-hybridized carbons (Fsp3) is 0.556. The molecule has 3 heteroatoms. The summed E-state index contributed by atoms with van der Waals surface area (Å²) in [6.45, 7) is 4.14. The van der Waals surface area contributed by atoms with Gasteiger partial charge in [0.1, 0.15) is 5.82 Å². The molecule has 1 saturated carbocycles. The van der Waals surface area contributed by atoms with Crippen molar-refractivity contribution in [2.75, 3.05) is 13.1 Å². The minimum atomic E-state index is -0.350. The Balaban J connectivity index is 2.15. The Bertz CT molecular complexity index is 478. The van der Waals surface area contributed by atoms with Crippen molar-refractivity contribution in [2.24, 2.45) is 5.92 Å². The van der Waals surface area contributed by atoms with E-state index in [4.69, 9.17) is 11.6 Å². The van der Waals surface area contributed by atoms with Crippen LogP contribution >= 0.6 is 11.6 Å². The lowest BCUT2D eigenvalue weighted by Gasteiger charge is -2.25. The van der Waals surface area contributed by atoms with Crippen LogP contribution in [0, 0.1) is 11.7 Å². The summed E-state index contributed by atoms with van der Waals surface area (Å²) in [6, 6.07) is 4.98. The first-order valence-electron chi connectivity index (χ1n) is 8.07. The second-order valence-electron chi connectivity index (χ2n) is 5.90. The van der Waals surface area contributed by atoms with Gasteiger partial charge in [0.25, 0.3) is 0 Å². The highest BCUT2D eigenvalue weighted by Crippen LogP contribution is 2.31. The molecule has 0 atom stereocenters. The Labute approximate surface area is 132 Å². The van der Waals surface area contributed by atoms with Gasteiger partial charge in [-0.2, -0.15) is 0 Å². The Morgan fingerprint density at radius 1 is 1.33 bits per heavy atom. The highest BCUT2D eigenvalue weighted by atomic mass is 35.5. The Kier molecular flexibility index (Phi) is 6.72. The third kappa shape index (κ3) is 5.12. The van der Waals surface area contributed by atoms with Crippen molar-refractivity contribution in [2.45, 2.75) is 45.4 Å².